The first-order valence-corrected chi connectivity index (χ1v) is 9.03. The van der Waals surface area contributed by atoms with Crippen LogP contribution in [0.15, 0.2) is 53.0 Å². The van der Waals surface area contributed by atoms with Crippen molar-refractivity contribution in [2.45, 2.75) is 39.4 Å². The zero-order valence-corrected chi connectivity index (χ0v) is 16.1. The lowest BCUT2D eigenvalue weighted by Crippen LogP contribution is -2.28. The Kier molecular flexibility index (Phi) is 7.00. The number of carbonyl (C=O) groups is 1. The summed E-state index contributed by atoms with van der Waals surface area (Å²) in [6, 6.07) is 16.6. The van der Waals surface area contributed by atoms with Gasteiger partial charge in [-0.1, -0.05) is 52.3 Å². The zero-order valence-electron chi connectivity index (χ0n) is 14.6. The molecule has 128 valence electrons. The van der Waals surface area contributed by atoms with Crippen molar-refractivity contribution in [1.82, 2.24) is 10.2 Å². The zero-order chi connectivity index (χ0) is 17.5. The van der Waals surface area contributed by atoms with E-state index >= 15 is 0 Å². The van der Waals surface area contributed by atoms with E-state index in [0.29, 0.717) is 19.0 Å². The summed E-state index contributed by atoms with van der Waals surface area (Å²) in [6.45, 7) is 5.82. The number of hydrogen-bond donors (Lipinski definition) is 1. The summed E-state index contributed by atoms with van der Waals surface area (Å²) in [5, 5.41) is 3.04. The summed E-state index contributed by atoms with van der Waals surface area (Å²) in [5.41, 5.74) is 3.45. The van der Waals surface area contributed by atoms with Gasteiger partial charge >= 0.3 is 0 Å². The van der Waals surface area contributed by atoms with Gasteiger partial charge in [-0.2, -0.15) is 0 Å². The minimum atomic E-state index is 0.0457. The largest absolute Gasteiger partial charge is 0.352 e. The van der Waals surface area contributed by atoms with Crippen LogP contribution in [0.3, 0.4) is 0 Å². The second kappa shape index (κ2) is 9.00. The Labute approximate surface area is 153 Å². The van der Waals surface area contributed by atoms with Crippen molar-refractivity contribution in [2.24, 2.45) is 0 Å². The van der Waals surface area contributed by atoms with Crippen LogP contribution in [0, 0.1) is 0 Å². The number of carbonyl (C=O) groups excluding carboxylic acids is 1. The van der Waals surface area contributed by atoms with Gasteiger partial charge in [-0.15, -0.1) is 0 Å². The van der Waals surface area contributed by atoms with E-state index in [4.69, 9.17) is 0 Å². The molecule has 2 rings (SSSR count). The lowest BCUT2D eigenvalue weighted by molar-refractivity contribution is -0.120. The van der Waals surface area contributed by atoms with Crippen LogP contribution in [0.5, 0.6) is 0 Å². The summed E-state index contributed by atoms with van der Waals surface area (Å²) >= 11 is 3.41. The molecule has 0 unspecified atom stereocenters. The average Bonchev–Trinajstić information content (AvgIpc) is 2.56. The summed E-state index contributed by atoms with van der Waals surface area (Å²) in [4.78, 5) is 14.5. The molecule has 0 aliphatic carbocycles. The van der Waals surface area contributed by atoms with Gasteiger partial charge in [-0.05, 0) is 49.7 Å². The molecule has 3 nitrogen and oxygen atoms in total. The topological polar surface area (TPSA) is 32.3 Å². The summed E-state index contributed by atoms with van der Waals surface area (Å²) in [5.74, 6) is 0.0457. The molecule has 0 radical (unpaired) electrons. The SMILES string of the molecule is CC(C)N(C)Cc1ccccc1CNC(=O)Cc1ccc(Br)cc1. The molecule has 0 aliphatic rings. The van der Waals surface area contributed by atoms with Crippen LogP contribution in [-0.2, 0) is 24.3 Å². The third kappa shape index (κ3) is 5.77. The Hall–Kier alpha value is -1.65. The Bertz CT molecular complexity index is 668. The molecule has 0 atom stereocenters. The molecule has 24 heavy (non-hydrogen) atoms. The molecule has 0 spiro atoms. The van der Waals surface area contributed by atoms with Crippen molar-refractivity contribution in [1.29, 1.82) is 0 Å². The van der Waals surface area contributed by atoms with Crippen molar-refractivity contribution >= 4 is 21.8 Å². The third-order valence-electron chi connectivity index (χ3n) is 4.17. The van der Waals surface area contributed by atoms with E-state index < -0.39 is 0 Å². The van der Waals surface area contributed by atoms with E-state index in [1.54, 1.807) is 0 Å². The molecule has 0 aliphatic heterocycles. The van der Waals surface area contributed by atoms with Crippen LogP contribution in [0.2, 0.25) is 0 Å². The van der Waals surface area contributed by atoms with Gasteiger partial charge in [0.2, 0.25) is 5.91 Å². The van der Waals surface area contributed by atoms with Crippen molar-refractivity contribution < 1.29 is 4.79 Å². The van der Waals surface area contributed by atoms with Crippen molar-refractivity contribution in [2.75, 3.05) is 7.05 Å². The van der Waals surface area contributed by atoms with Crippen LogP contribution in [0.4, 0.5) is 0 Å². The number of amides is 1. The van der Waals surface area contributed by atoms with Crippen LogP contribution < -0.4 is 5.32 Å². The van der Waals surface area contributed by atoms with Crippen LogP contribution in [0.25, 0.3) is 0 Å². The van der Waals surface area contributed by atoms with Gasteiger partial charge in [0.25, 0.3) is 0 Å². The van der Waals surface area contributed by atoms with Gasteiger partial charge in [-0.3, -0.25) is 9.69 Å². The minimum absolute atomic E-state index is 0.0457. The highest BCUT2D eigenvalue weighted by molar-refractivity contribution is 9.10. The fraction of sp³-hybridized carbons (Fsp3) is 0.350. The second-order valence-electron chi connectivity index (χ2n) is 6.36. The maximum absolute atomic E-state index is 12.2. The van der Waals surface area contributed by atoms with E-state index in [2.05, 4.69) is 65.2 Å². The number of hydrogen-bond acceptors (Lipinski definition) is 2. The highest BCUT2D eigenvalue weighted by Crippen LogP contribution is 2.13. The van der Waals surface area contributed by atoms with Gasteiger partial charge in [0, 0.05) is 23.6 Å². The van der Waals surface area contributed by atoms with E-state index in [1.807, 2.05) is 30.3 Å². The first-order valence-electron chi connectivity index (χ1n) is 8.24. The van der Waals surface area contributed by atoms with Crippen LogP contribution in [-0.4, -0.2) is 23.9 Å². The predicted molar refractivity (Wildman–Crippen MR) is 103 cm³/mol. The normalized spacial score (nSPS) is 11.1. The summed E-state index contributed by atoms with van der Waals surface area (Å²) in [7, 11) is 2.12. The van der Waals surface area contributed by atoms with E-state index in [1.165, 1.54) is 11.1 Å². The lowest BCUT2D eigenvalue weighted by Gasteiger charge is -2.22. The quantitative estimate of drug-likeness (QED) is 0.772. The monoisotopic (exact) mass is 388 g/mol. The molecule has 2 aromatic rings. The van der Waals surface area contributed by atoms with E-state index in [-0.39, 0.29) is 5.91 Å². The lowest BCUT2D eigenvalue weighted by atomic mass is 10.1. The molecule has 2 aromatic carbocycles. The second-order valence-corrected chi connectivity index (χ2v) is 7.27. The van der Waals surface area contributed by atoms with Gasteiger partial charge in [0.15, 0.2) is 0 Å². The Balaban J connectivity index is 1.93. The van der Waals surface area contributed by atoms with E-state index in [0.717, 1.165) is 16.6 Å². The highest BCUT2D eigenvalue weighted by Gasteiger charge is 2.09. The summed E-state index contributed by atoms with van der Waals surface area (Å²) < 4.78 is 1.02. The first kappa shape index (κ1) is 18.7. The Morgan fingerprint density at radius 2 is 1.71 bits per heavy atom. The van der Waals surface area contributed by atoms with Crippen LogP contribution in [0.1, 0.15) is 30.5 Å². The summed E-state index contributed by atoms with van der Waals surface area (Å²) in [6.07, 6.45) is 0.404. The molecule has 4 heteroatoms. The molecular weight excluding hydrogens is 364 g/mol. The first-order chi connectivity index (χ1) is 11.5. The Morgan fingerprint density at radius 3 is 2.33 bits per heavy atom. The maximum Gasteiger partial charge on any atom is 0.224 e. The predicted octanol–water partition coefficient (Wildman–Crippen LogP) is 4.15. The van der Waals surface area contributed by atoms with Crippen LogP contribution >= 0.6 is 15.9 Å². The number of nitrogens with zero attached hydrogens (tertiary/aromatic N) is 1. The molecule has 0 bridgehead atoms. The number of benzene rings is 2. The minimum Gasteiger partial charge on any atom is -0.352 e. The fourth-order valence-electron chi connectivity index (χ4n) is 2.38. The third-order valence-corrected chi connectivity index (χ3v) is 4.70. The molecule has 0 heterocycles. The molecular formula is C20H25BrN2O. The molecule has 0 aromatic heterocycles. The molecule has 1 N–H and O–H groups in total. The maximum atomic E-state index is 12.2. The Morgan fingerprint density at radius 1 is 1.08 bits per heavy atom. The number of halogens is 1. The molecule has 0 saturated heterocycles. The van der Waals surface area contributed by atoms with Gasteiger partial charge < -0.3 is 5.32 Å². The molecule has 0 fully saturated rings. The number of rotatable bonds is 7. The van der Waals surface area contributed by atoms with Gasteiger partial charge in [-0.25, -0.2) is 0 Å². The van der Waals surface area contributed by atoms with Crippen molar-refractivity contribution in [3.8, 4) is 0 Å². The fourth-order valence-corrected chi connectivity index (χ4v) is 2.64. The standard InChI is InChI=1S/C20H25BrN2O/c1-15(2)23(3)14-18-7-5-4-6-17(18)13-22-20(24)12-16-8-10-19(21)11-9-16/h4-11,15H,12-14H2,1-3H3,(H,22,24). The van der Waals surface area contributed by atoms with Crippen molar-refractivity contribution in [3.05, 3.63) is 69.7 Å². The molecule has 0 saturated carbocycles. The number of nitrogens with one attached hydrogen (secondary N) is 1. The van der Waals surface area contributed by atoms with E-state index in [9.17, 15) is 4.79 Å². The highest BCUT2D eigenvalue weighted by atomic mass is 79.9. The smallest absolute Gasteiger partial charge is 0.224 e. The molecule has 1 amide bonds. The van der Waals surface area contributed by atoms with Gasteiger partial charge in [0.05, 0.1) is 6.42 Å². The average molecular weight is 389 g/mol. The van der Waals surface area contributed by atoms with Gasteiger partial charge in [0.1, 0.15) is 0 Å². The van der Waals surface area contributed by atoms with Crippen molar-refractivity contribution in [3.63, 3.8) is 0 Å².